The summed E-state index contributed by atoms with van der Waals surface area (Å²) < 4.78 is 39.8. The van der Waals surface area contributed by atoms with Crippen LogP contribution in [-0.4, -0.2) is 54.3 Å². The Balaban J connectivity index is 4.04. The first-order valence-corrected chi connectivity index (χ1v) is 4.37. The van der Waals surface area contributed by atoms with E-state index in [1.54, 1.807) is 0 Å². The maximum Gasteiger partial charge on any atom is 0.415 e. The predicted molar refractivity (Wildman–Crippen MR) is 47.6 cm³/mol. The Kier molecular flexibility index (Phi) is 5.17. The van der Waals surface area contributed by atoms with Crippen molar-refractivity contribution in [2.75, 3.05) is 20.2 Å². The summed E-state index contributed by atoms with van der Waals surface area (Å²) in [5.74, 6) is -0.971. The van der Waals surface area contributed by atoms with Crippen LogP contribution in [0.15, 0.2) is 0 Å². The van der Waals surface area contributed by atoms with Gasteiger partial charge < -0.3 is 20.3 Å². The molecule has 0 fully saturated rings. The van der Waals surface area contributed by atoms with Gasteiger partial charge in [0, 0.05) is 13.1 Å². The molecule has 3 N–H and O–H groups in total. The summed E-state index contributed by atoms with van der Waals surface area (Å²) in [5.41, 5.74) is -1.93. The maximum atomic E-state index is 11.8. The number of alkyl halides is 3. The van der Waals surface area contributed by atoms with Crippen LogP contribution in [0.3, 0.4) is 0 Å². The number of hydrogen-bond donors (Lipinski definition) is 3. The van der Waals surface area contributed by atoms with E-state index in [9.17, 15) is 23.1 Å². The van der Waals surface area contributed by atoms with E-state index in [0.717, 1.165) is 14.0 Å². The predicted octanol–water partition coefficient (Wildman–Crippen LogP) is -0.577. The maximum absolute atomic E-state index is 11.8. The second kappa shape index (κ2) is 5.46. The van der Waals surface area contributed by atoms with Gasteiger partial charge in [0.25, 0.3) is 0 Å². The Morgan fingerprint density at radius 1 is 1.50 bits per heavy atom. The molecule has 2 atom stereocenters. The van der Waals surface area contributed by atoms with Gasteiger partial charge in [0.05, 0.1) is 7.11 Å². The fourth-order valence-corrected chi connectivity index (χ4v) is 0.860. The molecule has 8 heteroatoms. The Labute approximate surface area is 90.2 Å². The van der Waals surface area contributed by atoms with Crippen molar-refractivity contribution in [1.29, 1.82) is 0 Å². The summed E-state index contributed by atoms with van der Waals surface area (Å²) in [6, 6.07) is 0. The van der Waals surface area contributed by atoms with Gasteiger partial charge >= 0.3 is 12.1 Å². The molecule has 0 aromatic carbocycles. The molecule has 0 aromatic heterocycles. The van der Waals surface area contributed by atoms with E-state index in [0.29, 0.717) is 0 Å². The molecular weight excluding hydrogens is 231 g/mol. The summed E-state index contributed by atoms with van der Waals surface area (Å²) in [7, 11) is 1.04. The summed E-state index contributed by atoms with van der Waals surface area (Å²) in [6.07, 6.45) is -7.27. The van der Waals surface area contributed by atoms with E-state index in [2.05, 4.69) is 10.1 Å². The lowest BCUT2D eigenvalue weighted by atomic mass is 10.1. The molecule has 0 bridgehead atoms. The monoisotopic (exact) mass is 245 g/mol. The first kappa shape index (κ1) is 15.1. The summed E-state index contributed by atoms with van der Waals surface area (Å²) >= 11 is 0. The van der Waals surface area contributed by atoms with Gasteiger partial charge in [-0.25, -0.2) is 4.79 Å². The van der Waals surface area contributed by atoms with E-state index in [1.165, 1.54) is 0 Å². The number of halogens is 3. The molecule has 0 saturated heterocycles. The van der Waals surface area contributed by atoms with Crippen molar-refractivity contribution in [3.8, 4) is 0 Å². The second-order valence-electron chi connectivity index (χ2n) is 3.45. The zero-order chi connectivity index (χ0) is 13.0. The van der Waals surface area contributed by atoms with Gasteiger partial charge in [-0.3, -0.25) is 0 Å². The molecule has 0 aliphatic carbocycles. The van der Waals surface area contributed by atoms with Crippen LogP contribution in [0.5, 0.6) is 0 Å². The smallest absolute Gasteiger partial charge is 0.415 e. The lowest BCUT2D eigenvalue weighted by molar-refractivity contribution is -0.202. The zero-order valence-corrected chi connectivity index (χ0v) is 8.84. The third-order valence-electron chi connectivity index (χ3n) is 1.81. The number of carbonyl (C=O) groups is 1. The fourth-order valence-electron chi connectivity index (χ4n) is 0.860. The Hall–Kier alpha value is -0.860. The average Bonchev–Trinajstić information content (AvgIpc) is 2.14. The third-order valence-corrected chi connectivity index (χ3v) is 1.81. The molecule has 0 spiro atoms. The molecule has 0 aromatic rings. The van der Waals surface area contributed by atoms with E-state index in [-0.39, 0.29) is 0 Å². The molecule has 0 amide bonds. The molecule has 5 nitrogen and oxygen atoms in total. The average molecular weight is 245 g/mol. The molecule has 0 radical (unpaired) electrons. The van der Waals surface area contributed by atoms with Gasteiger partial charge in [-0.1, -0.05) is 0 Å². The van der Waals surface area contributed by atoms with Gasteiger partial charge in [-0.2, -0.15) is 13.2 Å². The van der Waals surface area contributed by atoms with Crippen molar-refractivity contribution >= 4 is 5.97 Å². The highest BCUT2D eigenvalue weighted by Crippen LogP contribution is 2.19. The van der Waals surface area contributed by atoms with Crippen molar-refractivity contribution in [1.82, 2.24) is 5.32 Å². The van der Waals surface area contributed by atoms with Crippen molar-refractivity contribution < 1.29 is 32.9 Å². The number of aliphatic hydroxyl groups is 2. The van der Waals surface area contributed by atoms with Crippen LogP contribution in [0.1, 0.15) is 6.92 Å². The van der Waals surface area contributed by atoms with Gasteiger partial charge in [0.15, 0.2) is 11.7 Å². The molecule has 0 saturated carbocycles. The number of aliphatic hydroxyl groups excluding tert-OH is 1. The van der Waals surface area contributed by atoms with Gasteiger partial charge in [-0.15, -0.1) is 0 Å². The van der Waals surface area contributed by atoms with Crippen LogP contribution in [0, 0.1) is 0 Å². The highest BCUT2D eigenvalue weighted by atomic mass is 19.4. The van der Waals surface area contributed by atoms with Crippen molar-refractivity contribution in [3.05, 3.63) is 0 Å². The summed E-state index contributed by atoms with van der Waals surface area (Å²) in [6.45, 7) is -0.171. The van der Waals surface area contributed by atoms with Crippen molar-refractivity contribution in [2.45, 2.75) is 24.8 Å². The van der Waals surface area contributed by atoms with Crippen molar-refractivity contribution in [2.24, 2.45) is 0 Å². The molecule has 16 heavy (non-hydrogen) atoms. The van der Waals surface area contributed by atoms with Crippen LogP contribution in [0.2, 0.25) is 0 Å². The summed E-state index contributed by atoms with van der Waals surface area (Å²) in [5, 5.41) is 20.1. The number of methoxy groups -OCH3 is 1. The van der Waals surface area contributed by atoms with Crippen LogP contribution in [0.25, 0.3) is 0 Å². The number of nitrogens with one attached hydrogen (secondary N) is 1. The van der Waals surface area contributed by atoms with Crippen LogP contribution in [-0.2, 0) is 9.53 Å². The van der Waals surface area contributed by atoms with E-state index >= 15 is 0 Å². The van der Waals surface area contributed by atoms with E-state index < -0.39 is 36.9 Å². The van der Waals surface area contributed by atoms with Gasteiger partial charge in [0.2, 0.25) is 0 Å². The molecule has 0 heterocycles. The largest absolute Gasteiger partial charge is 0.467 e. The molecular formula is C8H14F3NO4. The second-order valence-corrected chi connectivity index (χ2v) is 3.45. The molecule has 0 rings (SSSR count). The number of esters is 1. The molecule has 2 unspecified atom stereocenters. The number of hydrogen-bond acceptors (Lipinski definition) is 5. The molecule has 96 valence electrons. The van der Waals surface area contributed by atoms with Crippen LogP contribution < -0.4 is 5.32 Å². The van der Waals surface area contributed by atoms with E-state index in [4.69, 9.17) is 5.11 Å². The minimum atomic E-state index is -4.73. The SMILES string of the molecule is COC(=O)C(C)(O)CNCC(O)C(F)(F)F. The minimum absolute atomic E-state index is 0.452. The van der Waals surface area contributed by atoms with Gasteiger partial charge in [0.1, 0.15) is 0 Å². The normalized spacial score (nSPS) is 17.7. The number of rotatable bonds is 5. The number of ether oxygens (including phenoxy) is 1. The Morgan fingerprint density at radius 2 is 2.00 bits per heavy atom. The highest BCUT2D eigenvalue weighted by molar-refractivity contribution is 5.78. The lowest BCUT2D eigenvalue weighted by Gasteiger charge is -2.22. The third kappa shape index (κ3) is 4.77. The standard InChI is InChI=1S/C8H14F3NO4/c1-7(15,6(14)16-2)4-12-3-5(13)8(9,10)11/h5,12-13,15H,3-4H2,1-2H3. The Bertz CT molecular complexity index is 242. The van der Waals surface area contributed by atoms with Crippen molar-refractivity contribution in [3.63, 3.8) is 0 Å². The van der Waals surface area contributed by atoms with Crippen LogP contribution in [0.4, 0.5) is 13.2 Å². The Morgan fingerprint density at radius 3 is 2.38 bits per heavy atom. The lowest BCUT2D eigenvalue weighted by Crippen LogP contribution is -2.48. The number of carbonyl (C=O) groups excluding carboxylic acids is 1. The van der Waals surface area contributed by atoms with E-state index in [1.807, 2.05) is 0 Å². The minimum Gasteiger partial charge on any atom is -0.467 e. The first-order chi connectivity index (χ1) is 7.11. The molecule has 0 aliphatic rings. The fraction of sp³-hybridized carbons (Fsp3) is 0.875. The zero-order valence-electron chi connectivity index (χ0n) is 8.84. The summed E-state index contributed by atoms with van der Waals surface area (Å²) in [4.78, 5) is 10.9. The first-order valence-electron chi connectivity index (χ1n) is 4.37. The quantitative estimate of drug-likeness (QED) is 0.565. The molecule has 0 aliphatic heterocycles. The topological polar surface area (TPSA) is 78.8 Å². The van der Waals surface area contributed by atoms with Crippen LogP contribution >= 0.6 is 0 Å². The van der Waals surface area contributed by atoms with Gasteiger partial charge in [-0.05, 0) is 6.92 Å². The highest BCUT2D eigenvalue weighted by Gasteiger charge is 2.38.